The number of fused-ring (bicyclic) bond motifs is 1. The van der Waals surface area contributed by atoms with E-state index in [1.165, 1.54) is 0 Å². The van der Waals surface area contributed by atoms with Gasteiger partial charge in [0.2, 0.25) is 0 Å². The van der Waals surface area contributed by atoms with Gasteiger partial charge in [-0.1, -0.05) is 25.7 Å². The second-order valence-electron chi connectivity index (χ2n) is 8.14. The number of hydrogen-bond donors (Lipinski definition) is 0. The number of rotatable bonds is 1. The number of amides is 1. The lowest BCUT2D eigenvalue weighted by Crippen LogP contribution is -2.40. The predicted octanol–water partition coefficient (Wildman–Crippen LogP) is 3.36. The topological polar surface area (TPSA) is 48.0 Å². The Kier molecular flexibility index (Phi) is 5.46. The van der Waals surface area contributed by atoms with E-state index in [9.17, 15) is 4.79 Å². The van der Waals surface area contributed by atoms with Crippen molar-refractivity contribution in [3.05, 3.63) is 59.2 Å². The minimum atomic E-state index is -0.0226. The van der Waals surface area contributed by atoms with Gasteiger partial charge in [0.25, 0.3) is 5.91 Å². The van der Waals surface area contributed by atoms with Gasteiger partial charge in [-0.3, -0.25) is 4.79 Å². The van der Waals surface area contributed by atoms with Crippen LogP contribution in [0.15, 0.2) is 42.5 Å². The number of nitrogens with zero attached hydrogens (tertiary/aromatic N) is 1. The number of ether oxygens (including phenoxy) is 3. The Balaban J connectivity index is 1.45. The van der Waals surface area contributed by atoms with E-state index in [4.69, 9.17) is 14.2 Å². The van der Waals surface area contributed by atoms with Gasteiger partial charge in [0.05, 0.1) is 26.4 Å². The SMILES string of the molecule is CC1(C)COc2ccc(C#Cc3ccc(C(=O)N4CCOCC4)cc3)cc2OC1. The van der Waals surface area contributed by atoms with Gasteiger partial charge in [-0.2, -0.15) is 0 Å². The quantitative estimate of drug-likeness (QED) is 0.700. The fourth-order valence-electron chi connectivity index (χ4n) is 3.20. The molecule has 1 amide bonds. The van der Waals surface area contributed by atoms with E-state index in [2.05, 4.69) is 25.7 Å². The van der Waals surface area contributed by atoms with Crippen molar-refractivity contribution in [1.82, 2.24) is 4.90 Å². The van der Waals surface area contributed by atoms with E-state index in [1.54, 1.807) is 0 Å². The lowest BCUT2D eigenvalue weighted by molar-refractivity contribution is 0.0303. The monoisotopic (exact) mass is 391 g/mol. The van der Waals surface area contributed by atoms with E-state index in [0.717, 1.165) is 22.6 Å². The Morgan fingerprint density at radius 2 is 1.52 bits per heavy atom. The maximum Gasteiger partial charge on any atom is 0.254 e. The van der Waals surface area contributed by atoms with Crippen molar-refractivity contribution in [1.29, 1.82) is 0 Å². The van der Waals surface area contributed by atoms with E-state index >= 15 is 0 Å². The molecule has 0 atom stereocenters. The van der Waals surface area contributed by atoms with Crippen LogP contribution in [0.3, 0.4) is 0 Å². The standard InChI is InChI=1S/C24H25NO4/c1-24(2)16-28-21-10-7-19(15-22(21)29-17-24)4-3-18-5-8-20(9-6-18)23(26)25-11-13-27-14-12-25/h5-10,15H,11-14,16-17H2,1-2H3. The van der Waals surface area contributed by atoms with E-state index in [1.807, 2.05) is 47.4 Å². The molecule has 1 saturated heterocycles. The van der Waals surface area contributed by atoms with Gasteiger partial charge in [-0.05, 0) is 42.5 Å². The second-order valence-corrected chi connectivity index (χ2v) is 8.14. The maximum atomic E-state index is 12.5. The molecule has 0 N–H and O–H groups in total. The molecule has 2 aromatic carbocycles. The van der Waals surface area contributed by atoms with Crippen molar-refractivity contribution in [3.63, 3.8) is 0 Å². The average molecular weight is 391 g/mol. The normalized spacial score (nSPS) is 17.7. The molecule has 2 aliphatic rings. The third-order valence-electron chi connectivity index (χ3n) is 4.96. The van der Waals surface area contributed by atoms with Crippen LogP contribution in [0.4, 0.5) is 0 Å². The van der Waals surface area contributed by atoms with Crippen LogP contribution in [0.25, 0.3) is 0 Å². The van der Waals surface area contributed by atoms with Gasteiger partial charge in [0.1, 0.15) is 0 Å². The minimum absolute atomic E-state index is 0.0226. The van der Waals surface area contributed by atoms with Crippen molar-refractivity contribution < 1.29 is 19.0 Å². The third-order valence-corrected chi connectivity index (χ3v) is 4.96. The summed E-state index contributed by atoms with van der Waals surface area (Å²) < 4.78 is 17.1. The van der Waals surface area contributed by atoms with Gasteiger partial charge in [0, 0.05) is 35.2 Å². The first-order valence-electron chi connectivity index (χ1n) is 9.89. The molecule has 0 bridgehead atoms. The highest BCUT2D eigenvalue weighted by atomic mass is 16.5. The lowest BCUT2D eigenvalue weighted by atomic mass is 9.97. The van der Waals surface area contributed by atoms with Gasteiger partial charge >= 0.3 is 0 Å². The van der Waals surface area contributed by atoms with Crippen LogP contribution >= 0.6 is 0 Å². The zero-order valence-corrected chi connectivity index (χ0v) is 16.9. The Labute approximate surface area is 171 Å². The molecular formula is C24H25NO4. The zero-order valence-electron chi connectivity index (χ0n) is 16.9. The molecule has 0 saturated carbocycles. The molecule has 0 aromatic heterocycles. The van der Waals surface area contributed by atoms with E-state index in [0.29, 0.717) is 45.1 Å². The van der Waals surface area contributed by atoms with Crippen LogP contribution in [0.1, 0.15) is 35.3 Å². The molecule has 0 spiro atoms. The summed E-state index contributed by atoms with van der Waals surface area (Å²) in [7, 11) is 0. The number of benzene rings is 2. The van der Waals surface area contributed by atoms with Crippen LogP contribution < -0.4 is 9.47 Å². The summed E-state index contributed by atoms with van der Waals surface area (Å²) in [5, 5.41) is 0. The summed E-state index contributed by atoms with van der Waals surface area (Å²) >= 11 is 0. The van der Waals surface area contributed by atoms with Crippen molar-refractivity contribution in [3.8, 4) is 23.3 Å². The Morgan fingerprint density at radius 3 is 2.24 bits per heavy atom. The minimum Gasteiger partial charge on any atom is -0.489 e. The molecule has 2 heterocycles. The van der Waals surface area contributed by atoms with Crippen molar-refractivity contribution in [2.24, 2.45) is 5.41 Å². The molecule has 1 fully saturated rings. The Bertz CT molecular complexity index is 947. The molecule has 4 rings (SSSR count). The molecule has 2 aliphatic heterocycles. The van der Waals surface area contributed by atoms with Gasteiger partial charge in [-0.15, -0.1) is 0 Å². The highest BCUT2D eigenvalue weighted by Crippen LogP contribution is 2.34. The van der Waals surface area contributed by atoms with Crippen molar-refractivity contribution in [2.75, 3.05) is 39.5 Å². The second kappa shape index (κ2) is 8.18. The summed E-state index contributed by atoms with van der Waals surface area (Å²) in [4.78, 5) is 14.3. The highest BCUT2D eigenvalue weighted by molar-refractivity contribution is 5.94. The van der Waals surface area contributed by atoms with Crippen molar-refractivity contribution in [2.45, 2.75) is 13.8 Å². The molecular weight excluding hydrogens is 366 g/mol. The van der Waals surface area contributed by atoms with Crippen LogP contribution in [-0.4, -0.2) is 50.3 Å². The maximum absolute atomic E-state index is 12.5. The summed E-state index contributed by atoms with van der Waals surface area (Å²) in [5.74, 6) is 7.85. The molecule has 5 nitrogen and oxygen atoms in total. The molecule has 0 unspecified atom stereocenters. The third kappa shape index (κ3) is 4.72. The first kappa shape index (κ1) is 19.4. The van der Waals surface area contributed by atoms with Gasteiger partial charge in [0.15, 0.2) is 11.5 Å². The summed E-state index contributed by atoms with van der Waals surface area (Å²) in [6.45, 7) is 7.95. The van der Waals surface area contributed by atoms with Gasteiger partial charge in [-0.25, -0.2) is 0 Å². The number of hydrogen-bond acceptors (Lipinski definition) is 4. The van der Waals surface area contributed by atoms with Crippen LogP contribution in [0.2, 0.25) is 0 Å². The summed E-state index contributed by atoms with van der Waals surface area (Å²) in [5.41, 5.74) is 2.37. The first-order valence-corrected chi connectivity index (χ1v) is 9.89. The smallest absolute Gasteiger partial charge is 0.254 e. The molecule has 5 heteroatoms. The van der Waals surface area contributed by atoms with E-state index in [-0.39, 0.29) is 11.3 Å². The number of morpholine rings is 1. The summed E-state index contributed by atoms with van der Waals surface area (Å²) in [6, 6.07) is 13.2. The molecule has 29 heavy (non-hydrogen) atoms. The molecule has 0 aliphatic carbocycles. The van der Waals surface area contributed by atoms with Crippen LogP contribution in [0, 0.1) is 17.3 Å². The van der Waals surface area contributed by atoms with E-state index < -0.39 is 0 Å². The summed E-state index contributed by atoms with van der Waals surface area (Å²) in [6.07, 6.45) is 0. The van der Waals surface area contributed by atoms with Crippen molar-refractivity contribution >= 4 is 5.91 Å². The molecule has 150 valence electrons. The fourth-order valence-corrected chi connectivity index (χ4v) is 3.20. The lowest BCUT2D eigenvalue weighted by Gasteiger charge is -2.26. The van der Waals surface area contributed by atoms with Crippen LogP contribution in [-0.2, 0) is 4.74 Å². The average Bonchev–Trinajstić information content (AvgIpc) is 2.91. The highest BCUT2D eigenvalue weighted by Gasteiger charge is 2.25. The Morgan fingerprint density at radius 1 is 0.897 bits per heavy atom. The first-order chi connectivity index (χ1) is 14.0. The van der Waals surface area contributed by atoms with Crippen LogP contribution in [0.5, 0.6) is 11.5 Å². The zero-order chi connectivity index (χ0) is 20.3. The fraction of sp³-hybridized carbons (Fsp3) is 0.375. The Hall–Kier alpha value is -2.97. The number of carbonyl (C=O) groups excluding carboxylic acids is 1. The largest absolute Gasteiger partial charge is 0.489 e. The predicted molar refractivity (Wildman–Crippen MR) is 110 cm³/mol. The number of carbonyl (C=O) groups is 1. The molecule has 0 radical (unpaired) electrons. The van der Waals surface area contributed by atoms with Gasteiger partial charge < -0.3 is 19.1 Å². The molecule has 2 aromatic rings.